The molecule has 0 spiro atoms. The Morgan fingerprint density at radius 3 is 2.65 bits per heavy atom. The number of benzene rings is 1. The van der Waals surface area contributed by atoms with E-state index in [1.807, 2.05) is 18.9 Å². The van der Waals surface area contributed by atoms with Gasteiger partial charge in [0.05, 0.1) is 4.90 Å². The summed E-state index contributed by atoms with van der Waals surface area (Å²) in [4.78, 5) is 2.44. The lowest BCUT2D eigenvalue weighted by atomic mass is 10.1. The molecule has 0 unspecified atom stereocenters. The Hall–Kier alpha value is -1.02. The van der Waals surface area contributed by atoms with Gasteiger partial charge in [0.2, 0.25) is 10.0 Å². The Morgan fingerprint density at radius 2 is 2.10 bits per heavy atom. The van der Waals surface area contributed by atoms with Crippen molar-refractivity contribution in [3.8, 4) is 0 Å². The van der Waals surface area contributed by atoms with Gasteiger partial charge < -0.3 is 10.6 Å². The van der Waals surface area contributed by atoms with Gasteiger partial charge in [-0.3, -0.25) is 0 Å². The highest BCUT2D eigenvalue weighted by molar-refractivity contribution is 7.89. The number of rotatable bonds is 7. The summed E-state index contributed by atoms with van der Waals surface area (Å²) in [6, 6.07) is 4.95. The van der Waals surface area contributed by atoms with Crippen LogP contribution in [-0.4, -0.2) is 45.0 Å². The van der Waals surface area contributed by atoms with Gasteiger partial charge in [-0.05, 0) is 32.1 Å². The first-order chi connectivity index (χ1) is 9.27. The Bertz CT molecular complexity index is 585. The van der Waals surface area contributed by atoms with E-state index in [-0.39, 0.29) is 9.88 Å². The molecule has 1 aromatic carbocycles. The molecule has 3 N–H and O–H groups in total. The first kappa shape index (κ1) is 17.0. The second kappa shape index (κ2) is 7.12. The minimum absolute atomic E-state index is 0.187. The molecule has 0 saturated carbocycles. The molecule has 0 aliphatic carbocycles. The molecule has 0 amide bonds. The highest BCUT2D eigenvalue weighted by Crippen LogP contribution is 2.16. The topological polar surface area (TPSA) is 75.4 Å². The van der Waals surface area contributed by atoms with Crippen LogP contribution in [0.2, 0.25) is 0 Å². The molecule has 0 atom stereocenters. The Labute approximate surface area is 126 Å². The molecule has 1 aromatic rings. The van der Waals surface area contributed by atoms with Gasteiger partial charge in [-0.15, -0.1) is 0 Å². The van der Waals surface area contributed by atoms with E-state index in [4.69, 9.17) is 18.0 Å². The summed E-state index contributed by atoms with van der Waals surface area (Å²) >= 11 is 4.88. The van der Waals surface area contributed by atoms with Crippen LogP contribution in [0.15, 0.2) is 23.1 Å². The van der Waals surface area contributed by atoms with Crippen molar-refractivity contribution in [2.45, 2.75) is 18.7 Å². The van der Waals surface area contributed by atoms with Crippen molar-refractivity contribution in [2.75, 3.05) is 26.7 Å². The molecule has 5 nitrogen and oxygen atoms in total. The molecule has 0 aliphatic rings. The fourth-order valence-electron chi connectivity index (χ4n) is 1.65. The number of sulfonamides is 1. The summed E-state index contributed by atoms with van der Waals surface area (Å²) in [5, 5.41) is 0. The number of nitrogens with two attached hydrogens (primary N) is 1. The summed E-state index contributed by atoms with van der Waals surface area (Å²) in [5.74, 6) is 0. The molecule has 0 saturated heterocycles. The lowest BCUT2D eigenvalue weighted by molar-refractivity contribution is 0.358. The van der Waals surface area contributed by atoms with Crippen LogP contribution in [0.3, 0.4) is 0 Å². The zero-order valence-corrected chi connectivity index (χ0v) is 13.6. The third-order valence-corrected chi connectivity index (χ3v) is 4.93. The number of likely N-dealkylation sites (N-methyl/N-ethyl adjacent to an activating group) is 1. The van der Waals surface area contributed by atoms with Crippen molar-refractivity contribution in [1.82, 2.24) is 9.62 Å². The molecule has 0 aliphatic heterocycles. The van der Waals surface area contributed by atoms with Crippen molar-refractivity contribution in [2.24, 2.45) is 5.73 Å². The summed E-state index contributed by atoms with van der Waals surface area (Å²) in [5.41, 5.74) is 6.76. The van der Waals surface area contributed by atoms with E-state index in [2.05, 4.69) is 4.72 Å². The minimum atomic E-state index is -3.54. The van der Waals surface area contributed by atoms with Gasteiger partial charge >= 0.3 is 0 Å². The van der Waals surface area contributed by atoms with Crippen LogP contribution in [0, 0.1) is 6.92 Å². The van der Waals surface area contributed by atoms with Crippen molar-refractivity contribution < 1.29 is 8.42 Å². The molecule has 7 heteroatoms. The smallest absolute Gasteiger partial charge is 0.240 e. The number of thiocarbonyl (C=S) groups is 1. The van der Waals surface area contributed by atoms with Gasteiger partial charge in [0, 0.05) is 18.7 Å². The lowest BCUT2D eigenvalue weighted by Gasteiger charge is -2.15. The molecule has 0 heterocycles. The number of hydrogen-bond acceptors (Lipinski definition) is 4. The molecule has 1 rings (SSSR count). The van der Waals surface area contributed by atoms with Crippen molar-refractivity contribution in [1.29, 1.82) is 0 Å². The maximum Gasteiger partial charge on any atom is 0.240 e. The summed E-state index contributed by atoms with van der Waals surface area (Å²) < 4.78 is 27.2. The van der Waals surface area contributed by atoms with Gasteiger partial charge in [-0.1, -0.05) is 31.3 Å². The fourth-order valence-corrected chi connectivity index (χ4v) is 3.07. The van der Waals surface area contributed by atoms with Gasteiger partial charge in [0.1, 0.15) is 4.99 Å². The van der Waals surface area contributed by atoms with Crippen LogP contribution in [0.1, 0.15) is 18.1 Å². The molecule has 112 valence electrons. The Kier molecular flexibility index (Phi) is 6.07. The largest absolute Gasteiger partial charge is 0.389 e. The summed E-state index contributed by atoms with van der Waals surface area (Å²) in [6.45, 7) is 5.66. The Morgan fingerprint density at radius 1 is 1.45 bits per heavy atom. The van der Waals surface area contributed by atoms with Crippen LogP contribution in [-0.2, 0) is 10.0 Å². The van der Waals surface area contributed by atoms with E-state index in [1.165, 1.54) is 6.07 Å². The highest BCUT2D eigenvalue weighted by atomic mass is 32.2. The standard InChI is InChI=1S/C13H21N3O2S2/c1-4-16(3)8-7-15-20(17,18)12-9-11(13(14)19)6-5-10(12)2/h5-6,9,15H,4,7-8H2,1-3H3,(H2,14,19). The van der Waals surface area contributed by atoms with E-state index in [1.54, 1.807) is 19.1 Å². The zero-order valence-electron chi connectivity index (χ0n) is 12.0. The minimum Gasteiger partial charge on any atom is -0.389 e. The second-order valence-electron chi connectivity index (χ2n) is 4.64. The number of nitrogens with zero attached hydrogens (tertiary/aromatic N) is 1. The van der Waals surface area contributed by atoms with Gasteiger partial charge in [0.25, 0.3) is 0 Å². The molecule has 20 heavy (non-hydrogen) atoms. The molecule has 0 aromatic heterocycles. The van der Waals surface area contributed by atoms with Gasteiger partial charge in [0.15, 0.2) is 0 Å². The van der Waals surface area contributed by atoms with E-state index < -0.39 is 10.0 Å². The average Bonchev–Trinajstić information content (AvgIpc) is 2.38. The van der Waals surface area contributed by atoms with Crippen molar-refractivity contribution >= 4 is 27.2 Å². The van der Waals surface area contributed by atoms with Crippen LogP contribution < -0.4 is 10.5 Å². The summed E-state index contributed by atoms with van der Waals surface area (Å²) in [7, 11) is -1.61. The predicted octanol–water partition coefficient (Wildman–Crippen LogP) is 0.859. The third-order valence-electron chi connectivity index (χ3n) is 3.09. The highest BCUT2D eigenvalue weighted by Gasteiger charge is 2.17. The lowest BCUT2D eigenvalue weighted by Crippen LogP contribution is -2.33. The Balaban J connectivity index is 2.92. The number of aryl methyl sites for hydroxylation is 1. The van der Waals surface area contributed by atoms with Crippen LogP contribution >= 0.6 is 12.2 Å². The van der Waals surface area contributed by atoms with Crippen molar-refractivity contribution in [3.05, 3.63) is 29.3 Å². The molecule has 0 bridgehead atoms. The quantitative estimate of drug-likeness (QED) is 0.730. The molecular formula is C13H21N3O2S2. The van der Waals surface area contributed by atoms with Crippen LogP contribution in [0.4, 0.5) is 0 Å². The van der Waals surface area contributed by atoms with E-state index in [0.29, 0.717) is 24.2 Å². The van der Waals surface area contributed by atoms with Gasteiger partial charge in [-0.25, -0.2) is 13.1 Å². The fraction of sp³-hybridized carbons (Fsp3) is 0.462. The van der Waals surface area contributed by atoms with Crippen LogP contribution in [0.25, 0.3) is 0 Å². The van der Waals surface area contributed by atoms with Gasteiger partial charge in [-0.2, -0.15) is 0 Å². The second-order valence-corrected chi connectivity index (χ2v) is 6.81. The zero-order chi connectivity index (χ0) is 15.3. The SMILES string of the molecule is CCN(C)CCNS(=O)(=O)c1cc(C(N)=S)ccc1C. The predicted molar refractivity (Wildman–Crippen MR) is 85.4 cm³/mol. The van der Waals surface area contributed by atoms with E-state index >= 15 is 0 Å². The number of nitrogens with one attached hydrogen (secondary N) is 1. The maximum atomic E-state index is 12.3. The summed E-state index contributed by atoms with van der Waals surface area (Å²) in [6.07, 6.45) is 0. The van der Waals surface area contributed by atoms with Crippen molar-refractivity contribution in [3.63, 3.8) is 0 Å². The molecule has 0 radical (unpaired) electrons. The first-order valence-electron chi connectivity index (χ1n) is 6.36. The average molecular weight is 315 g/mol. The maximum absolute atomic E-state index is 12.3. The van der Waals surface area contributed by atoms with E-state index in [9.17, 15) is 8.42 Å². The number of hydrogen-bond donors (Lipinski definition) is 2. The first-order valence-corrected chi connectivity index (χ1v) is 8.25. The van der Waals surface area contributed by atoms with Crippen LogP contribution in [0.5, 0.6) is 0 Å². The monoisotopic (exact) mass is 315 g/mol. The molecular weight excluding hydrogens is 294 g/mol. The normalized spacial score (nSPS) is 11.8. The molecule has 0 fully saturated rings. The van der Waals surface area contributed by atoms with E-state index in [0.717, 1.165) is 6.54 Å². The third kappa shape index (κ3) is 4.52.